The summed E-state index contributed by atoms with van der Waals surface area (Å²) >= 11 is 13.3. The second-order valence-corrected chi connectivity index (χ2v) is 7.32. The van der Waals surface area contributed by atoms with Gasteiger partial charge in [0.25, 0.3) is 5.91 Å². The fourth-order valence-corrected chi connectivity index (χ4v) is 3.52. The number of rotatable bonds is 6. The maximum Gasteiger partial charge on any atom is 0.254 e. The van der Waals surface area contributed by atoms with E-state index in [9.17, 15) is 4.79 Å². The molecular weight excluding hydrogens is 389 g/mol. The molecule has 0 saturated carbocycles. The molecule has 0 spiro atoms. The lowest BCUT2D eigenvalue weighted by atomic mass is 10.1. The lowest BCUT2D eigenvalue weighted by Gasteiger charge is -2.09. The van der Waals surface area contributed by atoms with Crippen LogP contribution in [0.25, 0.3) is 0 Å². The lowest BCUT2D eigenvalue weighted by Crippen LogP contribution is -2.26. The Morgan fingerprint density at radius 2 is 1.81 bits per heavy atom. The molecule has 0 unspecified atom stereocenters. The van der Waals surface area contributed by atoms with Crippen LogP contribution in [0.5, 0.6) is 0 Å². The third-order valence-corrected chi connectivity index (χ3v) is 4.94. The standard InChI is InChI=1S/C19H15Cl2N3OS/c20-14-6-4-5-13(11-14)9-10-22-18(25)16-12-17(21)23-24-19(16)26-15-7-2-1-3-8-15/h1-8,11-12H,9-10H2,(H,22,25). The first-order valence-corrected chi connectivity index (χ1v) is 9.48. The first-order chi connectivity index (χ1) is 12.6. The van der Waals surface area contributed by atoms with Gasteiger partial charge in [0.15, 0.2) is 5.15 Å². The zero-order valence-electron chi connectivity index (χ0n) is 13.7. The molecule has 1 aromatic heterocycles. The van der Waals surface area contributed by atoms with Gasteiger partial charge < -0.3 is 5.32 Å². The van der Waals surface area contributed by atoms with Crippen LogP contribution in [-0.4, -0.2) is 22.6 Å². The van der Waals surface area contributed by atoms with Crippen LogP contribution < -0.4 is 5.32 Å². The number of hydrogen-bond donors (Lipinski definition) is 1. The number of carbonyl (C=O) groups is 1. The maximum atomic E-state index is 12.6. The van der Waals surface area contributed by atoms with Crippen molar-refractivity contribution in [3.63, 3.8) is 0 Å². The molecule has 1 heterocycles. The SMILES string of the molecule is O=C(NCCc1cccc(Cl)c1)c1cc(Cl)nnc1Sc1ccccc1. The van der Waals surface area contributed by atoms with E-state index < -0.39 is 0 Å². The highest BCUT2D eigenvalue weighted by molar-refractivity contribution is 7.99. The molecule has 7 heteroatoms. The van der Waals surface area contributed by atoms with Crippen LogP contribution in [0, 0.1) is 0 Å². The Balaban J connectivity index is 1.69. The van der Waals surface area contributed by atoms with Gasteiger partial charge in [-0.05, 0) is 42.3 Å². The number of nitrogens with zero attached hydrogens (tertiary/aromatic N) is 2. The molecule has 132 valence electrons. The van der Waals surface area contributed by atoms with Gasteiger partial charge in [-0.1, -0.05) is 65.3 Å². The molecule has 0 fully saturated rings. The monoisotopic (exact) mass is 403 g/mol. The van der Waals surface area contributed by atoms with Crippen molar-refractivity contribution < 1.29 is 4.79 Å². The van der Waals surface area contributed by atoms with Crippen LogP contribution in [0.2, 0.25) is 10.2 Å². The highest BCUT2D eigenvalue weighted by atomic mass is 35.5. The Kier molecular flexibility index (Phi) is 6.50. The van der Waals surface area contributed by atoms with Crippen LogP contribution in [0.4, 0.5) is 0 Å². The third kappa shape index (κ3) is 5.21. The van der Waals surface area contributed by atoms with Gasteiger partial charge in [0.2, 0.25) is 0 Å². The minimum absolute atomic E-state index is 0.183. The fourth-order valence-electron chi connectivity index (χ4n) is 2.30. The molecule has 1 amide bonds. The number of carbonyl (C=O) groups excluding carboxylic acids is 1. The molecule has 3 aromatic rings. The first-order valence-electron chi connectivity index (χ1n) is 7.90. The molecule has 4 nitrogen and oxygen atoms in total. The van der Waals surface area contributed by atoms with Gasteiger partial charge in [-0.25, -0.2) is 0 Å². The smallest absolute Gasteiger partial charge is 0.254 e. The molecule has 3 rings (SSSR count). The van der Waals surface area contributed by atoms with Gasteiger partial charge in [-0.3, -0.25) is 4.79 Å². The van der Waals surface area contributed by atoms with Crippen LogP contribution in [-0.2, 0) is 6.42 Å². The van der Waals surface area contributed by atoms with Crippen LogP contribution in [0.15, 0.2) is 70.6 Å². The second-order valence-electron chi connectivity index (χ2n) is 5.44. The Hall–Kier alpha value is -2.08. The zero-order valence-corrected chi connectivity index (χ0v) is 16.0. The number of benzene rings is 2. The van der Waals surface area contributed by atoms with Crippen molar-refractivity contribution in [1.82, 2.24) is 15.5 Å². The molecule has 0 aliphatic heterocycles. The summed E-state index contributed by atoms with van der Waals surface area (Å²) in [5.41, 5.74) is 1.47. The summed E-state index contributed by atoms with van der Waals surface area (Å²) in [5.74, 6) is -0.234. The molecule has 0 atom stereocenters. The van der Waals surface area contributed by atoms with Gasteiger partial charge in [0.1, 0.15) is 5.03 Å². The average Bonchev–Trinajstić information content (AvgIpc) is 2.64. The van der Waals surface area contributed by atoms with E-state index in [1.54, 1.807) is 0 Å². The van der Waals surface area contributed by atoms with Crippen molar-refractivity contribution >= 4 is 40.9 Å². The van der Waals surface area contributed by atoms with Crippen molar-refractivity contribution in [1.29, 1.82) is 0 Å². The largest absolute Gasteiger partial charge is 0.352 e. The van der Waals surface area contributed by atoms with E-state index in [1.165, 1.54) is 17.8 Å². The summed E-state index contributed by atoms with van der Waals surface area (Å²) in [5, 5.41) is 12.2. The highest BCUT2D eigenvalue weighted by Crippen LogP contribution is 2.29. The molecular formula is C19H15Cl2N3OS. The van der Waals surface area contributed by atoms with Gasteiger partial charge >= 0.3 is 0 Å². The van der Waals surface area contributed by atoms with Crippen molar-refractivity contribution in [2.45, 2.75) is 16.3 Å². The predicted octanol–water partition coefficient (Wildman–Crippen LogP) is 4.91. The van der Waals surface area contributed by atoms with Crippen LogP contribution in [0.3, 0.4) is 0 Å². The van der Waals surface area contributed by atoms with E-state index in [-0.39, 0.29) is 11.1 Å². The lowest BCUT2D eigenvalue weighted by molar-refractivity contribution is 0.0950. The number of aromatic nitrogens is 2. The van der Waals surface area contributed by atoms with E-state index in [0.29, 0.717) is 28.6 Å². The molecule has 0 bridgehead atoms. The van der Waals surface area contributed by atoms with Gasteiger partial charge in [0, 0.05) is 16.5 Å². The topological polar surface area (TPSA) is 54.9 Å². The fraction of sp³-hybridized carbons (Fsp3) is 0.105. The van der Waals surface area contributed by atoms with Crippen molar-refractivity contribution in [3.05, 3.63) is 82.0 Å². The molecule has 0 aliphatic rings. The predicted molar refractivity (Wildman–Crippen MR) is 105 cm³/mol. The number of halogens is 2. The maximum absolute atomic E-state index is 12.6. The van der Waals surface area contributed by atoms with Crippen LogP contribution in [0.1, 0.15) is 15.9 Å². The summed E-state index contributed by atoms with van der Waals surface area (Å²) < 4.78 is 0. The van der Waals surface area contributed by atoms with Crippen molar-refractivity contribution in [2.24, 2.45) is 0 Å². The Morgan fingerprint density at radius 1 is 1.00 bits per heavy atom. The Labute approximate surface area is 165 Å². The first kappa shape index (κ1) is 18.7. The summed E-state index contributed by atoms with van der Waals surface area (Å²) in [7, 11) is 0. The average molecular weight is 404 g/mol. The van der Waals surface area contributed by atoms with Crippen molar-refractivity contribution in [2.75, 3.05) is 6.54 Å². The zero-order chi connectivity index (χ0) is 18.4. The van der Waals surface area contributed by atoms with E-state index in [0.717, 1.165) is 10.5 Å². The summed E-state index contributed by atoms with van der Waals surface area (Å²) in [6, 6.07) is 18.8. The van der Waals surface area contributed by atoms with Gasteiger partial charge in [0.05, 0.1) is 5.56 Å². The Morgan fingerprint density at radius 3 is 2.58 bits per heavy atom. The van der Waals surface area contributed by atoms with Crippen LogP contribution >= 0.6 is 35.0 Å². The van der Waals surface area contributed by atoms with E-state index in [4.69, 9.17) is 23.2 Å². The molecule has 0 saturated heterocycles. The molecule has 2 aromatic carbocycles. The summed E-state index contributed by atoms with van der Waals surface area (Å²) in [4.78, 5) is 13.6. The summed E-state index contributed by atoms with van der Waals surface area (Å²) in [6.45, 7) is 0.481. The number of amides is 1. The normalized spacial score (nSPS) is 10.5. The quantitative estimate of drug-likeness (QED) is 0.635. The molecule has 1 N–H and O–H groups in total. The molecule has 26 heavy (non-hydrogen) atoms. The molecule has 0 aliphatic carbocycles. The second kappa shape index (κ2) is 9.03. The highest BCUT2D eigenvalue weighted by Gasteiger charge is 2.15. The summed E-state index contributed by atoms with van der Waals surface area (Å²) in [6.07, 6.45) is 0.680. The van der Waals surface area contributed by atoms with Gasteiger partial charge in [-0.2, -0.15) is 0 Å². The minimum atomic E-state index is -0.234. The molecule has 0 radical (unpaired) electrons. The number of nitrogens with one attached hydrogen (secondary N) is 1. The number of hydrogen-bond acceptors (Lipinski definition) is 4. The Bertz CT molecular complexity index is 906. The van der Waals surface area contributed by atoms with E-state index in [2.05, 4.69) is 15.5 Å². The minimum Gasteiger partial charge on any atom is -0.352 e. The van der Waals surface area contributed by atoms with E-state index >= 15 is 0 Å². The third-order valence-electron chi connectivity index (χ3n) is 3.52. The van der Waals surface area contributed by atoms with E-state index in [1.807, 2.05) is 54.6 Å². The van der Waals surface area contributed by atoms with Gasteiger partial charge in [-0.15, -0.1) is 10.2 Å². The van der Waals surface area contributed by atoms with Crippen molar-refractivity contribution in [3.8, 4) is 0 Å².